The lowest BCUT2D eigenvalue weighted by molar-refractivity contribution is 0.309. The lowest BCUT2D eigenvalue weighted by atomic mass is 9.99. The van der Waals surface area contributed by atoms with Gasteiger partial charge in [0.15, 0.2) is 0 Å². The molecule has 2 rings (SSSR count). The van der Waals surface area contributed by atoms with Gasteiger partial charge >= 0.3 is 0 Å². The third-order valence-corrected chi connectivity index (χ3v) is 5.02. The van der Waals surface area contributed by atoms with Gasteiger partial charge in [-0.3, -0.25) is 0 Å². The van der Waals surface area contributed by atoms with E-state index in [1.807, 2.05) is 0 Å². The van der Waals surface area contributed by atoms with Crippen molar-refractivity contribution in [1.29, 1.82) is 0 Å². The molecule has 0 bridgehead atoms. The SMILES string of the molecule is CCC(C)c1ccc(OCc2sccc2Br)cc1. The van der Waals surface area contributed by atoms with Crippen molar-refractivity contribution in [2.24, 2.45) is 0 Å². The average molecular weight is 325 g/mol. The zero-order valence-electron chi connectivity index (χ0n) is 10.7. The van der Waals surface area contributed by atoms with E-state index < -0.39 is 0 Å². The first-order valence-corrected chi connectivity index (χ1v) is 7.82. The minimum absolute atomic E-state index is 0.616. The van der Waals surface area contributed by atoms with E-state index in [0.717, 1.165) is 10.2 Å². The Morgan fingerprint density at radius 2 is 1.94 bits per heavy atom. The first kappa shape index (κ1) is 13.6. The molecular weight excluding hydrogens is 308 g/mol. The normalized spacial score (nSPS) is 12.4. The molecule has 18 heavy (non-hydrogen) atoms. The van der Waals surface area contributed by atoms with Gasteiger partial charge in [-0.1, -0.05) is 26.0 Å². The van der Waals surface area contributed by atoms with Crippen LogP contribution in [0.2, 0.25) is 0 Å². The van der Waals surface area contributed by atoms with Crippen LogP contribution in [-0.4, -0.2) is 0 Å². The predicted molar refractivity (Wildman–Crippen MR) is 81.5 cm³/mol. The van der Waals surface area contributed by atoms with Crippen LogP contribution in [0.4, 0.5) is 0 Å². The Bertz CT molecular complexity index is 489. The van der Waals surface area contributed by atoms with Gasteiger partial charge in [-0.25, -0.2) is 0 Å². The first-order valence-electron chi connectivity index (χ1n) is 6.15. The molecule has 1 nitrogen and oxygen atoms in total. The number of hydrogen-bond donors (Lipinski definition) is 0. The fraction of sp³-hybridized carbons (Fsp3) is 0.333. The Hall–Kier alpha value is -0.800. The second-order valence-electron chi connectivity index (χ2n) is 4.36. The molecule has 3 heteroatoms. The molecule has 0 aliphatic carbocycles. The molecule has 0 amide bonds. The largest absolute Gasteiger partial charge is 0.488 e. The average Bonchev–Trinajstić information content (AvgIpc) is 2.81. The minimum atomic E-state index is 0.616. The molecule has 0 spiro atoms. The summed E-state index contributed by atoms with van der Waals surface area (Å²) >= 11 is 5.22. The monoisotopic (exact) mass is 324 g/mol. The number of halogens is 1. The standard InChI is InChI=1S/C15H17BrOS/c1-3-11(2)12-4-6-13(7-5-12)17-10-15-14(16)8-9-18-15/h4-9,11H,3,10H2,1-2H3. The van der Waals surface area contributed by atoms with Crippen molar-refractivity contribution in [3.05, 3.63) is 50.6 Å². The zero-order valence-corrected chi connectivity index (χ0v) is 13.1. The Balaban J connectivity index is 1.96. The lowest BCUT2D eigenvalue weighted by Gasteiger charge is -2.10. The van der Waals surface area contributed by atoms with E-state index in [4.69, 9.17) is 4.74 Å². The molecule has 1 atom stereocenters. The second-order valence-corrected chi connectivity index (χ2v) is 6.21. The highest BCUT2D eigenvalue weighted by Crippen LogP contribution is 2.25. The van der Waals surface area contributed by atoms with E-state index in [2.05, 4.69) is 65.5 Å². The van der Waals surface area contributed by atoms with Gasteiger partial charge in [0.1, 0.15) is 12.4 Å². The summed E-state index contributed by atoms with van der Waals surface area (Å²) in [6.07, 6.45) is 1.17. The highest BCUT2D eigenvalue weighted by atomic mass is 79.9. The van der Waals surface area contributed by atoms with Crippen LogP contribution in [0.15, 0.2) is 40.2 Å². The van der Waals surface area contributed by atoms with Gasteiger partial charge < -0.3 is 4.74 Å². The van der Waals surface area contributed by atoms with Gasteiger partial charge in [-0.15, -0.1) is 11.3 Å². The van der Waals surface area contributed by atoms with Crippen LogP contribution in [0.1, 0.15) is 36.6 Å². The summed E-state index contributed by atoms with van der Waals surface area (Å²) in [5.41, 5.74) is 1.38. The Morgan fingerprint density at radius 3 is 2.50 bits per heavy atom. The first-order chi connectivity index (χ1) is 8.70. The van der Waals surface area contributed by atoms with Crippen molar-refractivity contribution >= 4 is 27.3 Å². The number of benzene rings is 1. The van der Waals surface area contributed by atoms with E-state index in [1.165, 1.54) is 16.9 Å². The van der Waals surface area contributed by atoms with E-state index in [0.29, 0.717) is 12.5 Å². The van der Waals surface area contributed by atoms with Gasteiger partial charge in [0.25, 0.3) is 0 Å². The number of rotatable bonds is 5. The van der Waals surface area contributed by atoms with E-state index in [-0.39, 0.29) is 0 Å². The lowest BCUT2D eigenvalue weighted by Crippen LogP contribution is -1.95. The van der Waals surface area contributed by atoms with Crippen LogP contribution in [0.3, 0.4) is 0 Å². The molecule has 96 valence electrons. The fourth-order valence-electron chi connectivity index (χ4n) is 1.71. The number of ether oxygens (including phenoxy) is 1. The van der Waals surface area contributed by atoms with Crippen LogP contribution in [0.5, 0.6) is 5.75 Å². The van der Waals surface area contributed by atoms with Gasteiger partial charge in [-0.05, 0) is 57.4 Å². The molecule has 1 heterocycles. The van der Waals surface area contributed by atoms with Gasteiger partial charge in [-0.2, -0.15) is 0 Å². The topological polar surface area (TPSA) is 9.23 Å². The van der Waals surface area contributed by atoms with Crippen molar-refractivity contribution in [2.75, 3.05) is 0 Å². The van der Waals surface area contributed by atoms with E-state index >= 15 is 0 Å². The third-order valence-electron chi connectivity index (χ3n) is 3.12. The molecule has 0 saturated carbocycles. The Morgan fingerprint density at radius 1 is 1.22 bits per heavy atom. The summed E-state index contributed by atoms with van der Waals surface area (Å²) < 4.78 is 6.91. The third kappa shape index (κ3) is 3.36. The Labute approximate surface area is 121 Å². The molecule has 0 N–H and O–H groups in total. The summed E-state index contributed by atoms with van der Waals surface area (Å²) in [7, 11) is 0. The number of thiophene rings is 1. The maximum absolute atomic E-state index is 5.78. The zero-order chi connectivity index (χ0) is 13.0. The van der Waals surface area contributed by atoms with Crippen LogP contribution in [0.25, 0.3) is 0 Å². The van der Waals surface area contributed by atoms with Crippen LogP contribution in [0, 0.1) is 0 Å². The quantitative estimate of drug-likeness (QED) is 0.695. The fourth-order valence-corrected chi connectivity index (χ4v) is 3.08. The van der Waals surface area contributed by atoms with Crippen molar-refractivity contribution in [2.45, 2.75) is 32.8 Å². The van der Waals surface area contributed by atoms with Crippen LogP contribution in [-0.2, 0) is 6.61 Å². The van der Waals surface area contributed by atoms with E-state index in [1.54, 1.807) is 11.3 Å². The molecule has 0 saturated heterocycles. The van der Waals surface area contributed by atoms with Gasteiger partial charge in [0.2, 0.25) is 0 Å². The summed E-state index contributed by atoms with van der Waals surface area (Å²) in [4.78, 5) is 1.22. The molecule has 0 aliphatic rings. The molecule has 0 fully saturated rings. The molecule has 1 unspecified atom stereocenters. The van der Waals surface area contributed by atoms with Gasteiger partial charge in [0.05, 0.1) is 4.88 Å². The number of hydrogen-bond acceptors (Lipinski definition) is 2. The van der Waals surface area contributed by atoms with Crippen LogP contribution >= 0.6 is 27.3 Å². The summed E-state index contributed by atoms with van der Waals surface area (Å²) in [5.74, 6) is 1.55. The Kier molecular flexibility index (Phi) is 4.84. The molecule has 1 aromatic heterocycles. The smallest absolute Gasteiger partial charge is 0.124 e. The van der Waals surface area contributed by atoms with Crippen molar-refractivity contribution in [3.8, 4) is 5.75 Å². The van der Waals surface area contributed by atoms with Crippen molar-refractivity contribution < 1.29 is 4.74 Å². The van der Waals surface area contributed by atoms with Gasteiger partial charge in [0, 0.05) is 4.47 Å². The van der Waals surface area contributed by atoms with Crippen molar-refractivity contribution in [1.82, 2.24) is 0 Å². The highest BCUT2D eigenvalue weighted by Gasteiger charge is 2.04. The summed E-state index contributed by atoms with van der Waals surface area (Å²) in [6, 6.07) is 10.5. The maximum atomic E-state index is 5.78. The highest BCUT2D eigenvalue weighted by molar-refractivity contribution is 9.10. The summed E-state index contributed by atoms with van der Waals surface area (Å²) in [5, 5.41) is 2.06. The van der Waals surface area contributed by atoms with Crippen molar-refractivity contribution in [3.63, 3.8) is 0 Å². The van der Waals surface area contributed by atoms with E-state index in [9.17, 15) is 0 Å². The maximum Gasteiger partial charge on any atom is 0.124 e. The molecular formula is C15H17BrOS. The minimum Gasteiger partial charge on any atom is -0.488 e. The predicted octanol–water partition coefficient (Wildman–Crippen LogP) is 5.60. The van der Waals surface area contributed by atoms with Crippen LogP contribution < -0.4 is 4.74 Å². The molecule has 2 aromatic rings. The molecule has 1 aromatic carbocycles. The molecule has 0 aliphatic heterocycles. The molecule has 0 radical (unpaired) electrons. The second kappa shape index (κ2) is 6.39. The summed E-state index contributed by atoms with van der Waals surface area (Å²) in [6.45, 7) is 5.09.